The van der Waals surface area contributed by atoms with Crippen LogP contribution in [0.2, 0.25) is 0 Å². The molecule has 1 unspecified atom stereocenters. The quantitative estimate of drug-likeness (QED) is 0.394. The fourth-order valence-electron chi connectivity index (χ4n) is 2.75. The first-order valence-electron chi connectivity index (χ1n) is 7.03. The van der Waals surface area contributed by atoms with E-state index in [0.717, 1.165) is 27.5 Å². The summed E-state index contributed by atoms with van der Waals surface area (Å²) in [6.07, 6.45) is 0. The lowest BCUT2D eigenvalue weighted by atomic mass is 10.1. The SMILES string of the molecule is C[n+]1c2ccccc2c(NC(CS)C(=O)O)c2ccccc21. The standard InChI is InChI=1S/C17H16N2O2S/c1-19-14-8-4-2-6-11(14)16(18-13(10-22)17(20)21)12-7-3-5-9-15(12)19/h2-9,13H,10H2,1H3,(H2,20,21,22)/p+1. The Hall–Kier alpha value is -2.27. The van der Waals surface area contributed by atoms with Crippen LogP contribution in [0, 0.1) is 0 Å². The summed E-state index contributed by atoms with van der Waals surface area (Å²) in [6, 6.07) is 15.2. The number of aliphatic carboxylic acids is 1. The number of anilines is 1. The summed E-state index contributed by atoms with van der Waals surface area (Å²) in [5.74, 6) is -0.685. The number of hydrogen-bond donors (Lipinski definition) is 3. The smallest absolute Gasteiger partial charge is 0.326 e. The number of aryl methyl sites for hydroxylation is 1. The summed E-state index contributed by atoms with van der Waals surface area (Å²) in [5, 5.41) is 14.5. The molecule has 1 heterocycles. The first kappa shape index (κ1) is 14.7. The van der Waals surface area contributed by atoms with Gasteiger partial charge < -0.3 is 10.4 Å². The topological polar surface area (TPSA) is 53.2 Å². The van der Waals surface area contributed by atoms with E-state index in [2.05, 4.69) is 22.5 Å². The molecule has 1 atom stereocenters. The Bertz CT molecular complexity index is 807. The van der Waals surface area contributed by atoms with Crippen LogP contribution < -0.4 is 9.88 Å². The molecule has 4 nitrogen and oxygen atoms in total. The molecule has 2 N–H and O–H groups in total. The van der Waals surface area contributed by atoms with Crippen LogP contribution in [0.3, 0.4) is 0 Å². The lowest BCUT2D eigenvalue weighted by molar-refractivity contribution is -0.617. The van der Waals surface area contributed by atoms with Crippen molar-refractivity contribution in [1.29, 1.82) is 0 Å². The summed E-state index contributed by atoms with van der Waals surface area (Å²) in [6.45, 7) is 0. The van der Waals surface area contributed by atoms with Crippen LogP contribution in [0.25, 0.3) is 21.8 Å². The maximum Gasteiger partial charge on any atom is 0.326 e. The number of nitrogens with one attached hydrogen (secondary N) is 1. The van der Waals surface area contributed by atoms with Crippen molar-refractivity contribution in [2.45, 2.75) is 6.04 Å². The normalized spacial score (nSPS) is 12.5. The van der Waals surface area contributed by atoms with Crippen molar-refractivity contribution in [3.8, 4) is 0 Å². The van der Waals surface area contributed by atoms with Crippen molar-refractivity contribution in [2.75, 3.05) is 11.1 Å². The lowest BCUT2D eigenvalue weighted by Crippen LogP contribution is -2.34. The van der Waals surface area contributed by atoms with Gasteiger partial charge in [-0.3, -0.25) is 0 Å². The Morgan fingerprint density at radius 2 is 1.64 bits per heavy atom. The third kappa shape index (κ3) is 2.37. The van der Waals surface area contributed by atoms with Gasteiger partial charge in [-0.05, 0) is 12.1 Å². The zero-order valence-electron chi connectivity index (χ0n) is 12.2. The van der Waals surface area contributed by atoms with Crippen molar-refractivity contribution in [1.82, 2.24) is 0 Å². The second kappa shape index (κ2) is 5.85. The molecule has 0 amide bonds. The third-order valence-corrected chi connectivity index (χ3v) is 4.23. The molecule has 3 aromatic rings. The molecule has 5 heteroatoms. The molecule has 0 aliphatic rings. The van der Waals surface area contributed by atoms with E-state index in [-0.39, 0.29) is 5.75 Å². The average Bonchev–Trinajstić information content (AvgIpc) is 2.55. The molecule has 1 aromatic heterocycles. The van der Waals surface area contributed by atoms with E-state index in [1.807, 2.05) is 55.6 Å². The third-order valence-electron chi connectivity index (χ3n) is 3.87. The number of carboxylic acids is 1. The van der Waals surface area contributed by atoms with E-state index in [9.17, 15) is 9.90 Å². The average molecular weight is 313 g/mol. The van der Waals surface area contributed by atoms with Crippen LogP contribution in [0.5, 0.6) is 0 Å². The van der Waals surface area contributed by atoms with Crippen molar-refractivity contribution >= 4 is 46.1 Å². The van der Waals surface area contributed by atoms with Crippen LogP contribution >= 0.6 is 12.6 Å². The van der Waals surface area contributed by atoms with E-state index < -0.39 is 12.0 Å². The maximum atomic E-state index is 11.4. The van der Waals surface area contributed by atoms with Gasteiger partial charge in [-0.1, -0.05) is 24.3 Å². The maximum absolute atomic E-state index is 11.4. The second-order valence-electron chi connectivity index (χ2n) is 5.19. The van der Waals surface area contributed by atoms with Crippen molar-refractivity contribution in [3.63, 3.8) is 0 Å². The number of hydrogen-bond acceptors (Lipinski definition) is 3. The number of nitrogens with zero attached hydrogens (tertiary/aromatic N) is 1. The number of thiol groups is 1. The molecule has 112 valence electrons. The minimum atomic E-state index is -0.906. The molecule has 0 radical (unpaired) electrons. The minimum Gasteiger partial charge on any atom is -0.480 e. The number of carbonyl (C=O) groups is 1. The van der Waals surface area contributed by atoms with Crippen LogP contribution in [0.15, 0.2) is 48.5 Å². The molecule has 0 bridgehead atoms. The molecule has 0 saturated heterocycles. The van der Waals surface area contributed by atoms with Gasteiger partial charge in [-0.25, -0.2) is 4.79 Å². The highest BCUT2D eigenvalue weighted by Crippen LogP contribution is 2.30. The summed E-state index contributed by atoms with van der Waals surface area (Å²) in [7, 11) is 2.02. The summed E-state index contributed by atoms with van der Waals surface area (Å²) < 4.78 is 2.12. The Morgan fingerprint density at radius 1 is 1.14 bits per heavy atom. The fraction of sp³-hybridized carbons (Fsp3) is 0.176. The van der Waals surface area contributed by atoms with Gasteiger partial charge in [0.1, 0.15) is 13.1 Å². The van der Waals surface area contributed by atoms with E-state index in [4.69, 9.17) is 0 Å². The Kier molecular flexibility index (Phi) is 3.90. The van der Waals surface area contributed by atoms with E-state index in [0.29, 0.717) is 0 Å². The first-order chi connectivity index (χ1) is 10.6. The number of pyridine rings is 1. The predicted octanol–water partition coefficient (Wildman–Crippen LogP) is 2.61. The fourth-order valence-corrected chi connectivity index (χ4v) is 2.99. The molecule has 0 saturated carbocycles. The van der Waals surface area contributed by atoms with Gasteiger partial charge in [0.2, 0.25) is 11.0 Å². The largest absolute Gasteiger partial charge is 0.480 e. The molecule has 3 rings (SSSR count). The van der Waals surface area contributed by atoms with Crippen molar-refractivity contribution < 1.29 is 14.5 Å². The van der Waals surface area contributed by atoms with E-state index >= 15 is 0 Å². The van der Waals surface area contributed by atoms with Crippen LogP contribution in [-0.2, 0) is 11.8 Å². The molecular formula is C17H17N2O2S+. The number of para-hydroxylation sites is 2. The number of carboxylic acid groups (broad SMARTS) is 1. The second-order valence-corrected chi connectivity index (χ2v) is 5.55. The number of fused-ring (bicyclic) bond motifs is 2. The van der Waals surface area contributed by atoms with Gasteiger partial charge in [0, 0.05) is 17.9 Å². The molecule has 22 heavy (non-hydrogen) atoms. The highest BCUT2D eigenvalue weighted by molar-refractivity contribution is 7.80. The Morgan fingerprint density at radius 3 is 2.09 bits per heavy atom. The Balaban J connectivity index is 2.34. The Labute approximate surface area is 133 Å². The molecule has 0 aliphatic carbocycles. The summed E-state index contributed by atoms with van der Waals surface area (Å²) in [4.78, 5) is 11.4. The lowest BCUT2D eigenvalue weighted by Gasteiger charge is -2.16. The predicted molar refractivity (Wildman–Crippen MR) is 91.5 cm³/mol. The molecule has 0 fully saturated rings. The van der Waals surface area contributed by atoms with Gasteiger partial charge in [0.15, 0.2) is 0 Å². The van der Waals surface area contributed by atoms with E-state index in [1.54, 1.807) is 0 Å². The zero-order valence-corrected chi connectivity index (χ0v) is 13.0. The summed E-state index contributed by atoms with van der Waals surface area (Å²) in [5.41, 5.74) is 2.93. The van der Waals surface area contributed by atoms with Gasteiger partial charge in [0.25, 0.3) is 0 Å². The number of rotatable bonds is 4. The van der Waals surface area contributed by atoms with Gasteiger partial charge in [-0.15, -0.1) is 0 Å². The molecule has 2 aromatic carbocycles. The number of benzene rings is 2. The highest BCUT2D eigenvalue weighted by Gasteiger charge is 2.22. The summed E-state index contributed by atoms with van der Waals surface area (Å²) >= 11 is 4.15. The molecular weight excluding hydrogens is 296 g/mol. The molecule has 0 aliphatic heterocycles. The minimum absolute atomic E-state index is 0.221. The van der Waals surface area contributed by atoms with Gasteiger partial charge in [-0.2, -0.15) is 17.2 Å². The van der Waals surface area contributed by atoms with Crippen LogP contribution in [0.4, 0.5) is 5.69 Å². The number of aromatic nitrogens is 1. The van der Waals surface area contributed by atoms with Crippen molar-refractivity contribution in [3.05, 3.63) is 48.5 Å². The van der Waals surface area contributed by atoms with Crippen molar-refractivity contribution in [2.24, 2.45) is 7.05 Å². The van der Waals surface area contributed by atoms with Crippen LogP contribution in [-0.4, -0.2) is 22.9 Å². The van der Waals surface area contributed by atoms with E-state index in [1.165, 1.54) is 0 Å². The molecule has 0 spiro atoms. The zero-order chi connectivity index (χ0) is 15.7. The van der Waals surface area contributed by atoms with Crippen LogP contribution in [0.1, 0.15) is 0 Å². The highest BCUT2D eigenvalue weighted by atomic mass is 32.1. The van der Waals surface area contributed by atoms with Gasteiger partial charge in [0.05, 0.1) is 16.5 Å². The first-order valence-corrected chi connectivity index (χ1v) is 7.66. The van der Waals surface area contributed by atoms with Gasteiger partial charge >= 0.3 is 5.97 Å². The monoisotopic (exact) mass is 313 g/mol.